The normalized spacial score (nSPS) is 30.1. The molecule has 0 heteroatoms. The van der Waals surface area contributed by atoms with Crippen LogP contribution in [0.4, 0.5) is 0 Å². The summed E-state index contributed by atoms with van der Waals surface area (Å²) < 4.78 is 0. The van der Waals surface area contributed by atoms with E-state index in [0.29, 0.717) is 29.1 Å². The van der Waals surface area contributed by atoms with Gasteiger partial charge in [0.15, 0.2) is 0 Å². The van der Waals surface area contributed by atoms with Crippen LogP contribution in [-0.2, 0) is 0 Å². The van der Waals surface area contributed by atoms with Crippen LogP contribution in [-0.4, -0.2) is 0 Å². The minimum atomic E-state index is 0.190. The van der Waals surface area contributed by atoms with Crippen molar-refractivity contribution < 1.29 is 0 Å². The van der Waals surface area contributed by atoms with Crippen molar-refractivity contribution in [1.82, 2.24) is 0 Å². The summed E-state index contributed by atoms with van der Waals surface area (Å²) in [5, 5.41) is 0. The van der Waals surface area contributed by atoms with Crippen molar-refractivity contribution >= 4 is 5.57 Å². The second-order valence-corrected chi connectivity index (χ2v) is 20.3. The van der Waals surface area contributed by atoms with Crippen molar-refractivity contribution in [2.45, 2.75) is 177 Å². The maximum Gasteiger partial charge on any atom is 0.00310 e. The summed E-state index contributed by atoms with van der Waals surface area (Å²) in [6, 6.07) is 9.77. The van der Waals surface area contributed by atoms with Gasteiger partial charge in [-0.3, -0.25) is 0 Å². The molecule has 6 rings (SSSR count). The van der Waals surface area contributed by atoms with Gasteiger partial charge in [0.25, 0.3) is 0 Å². The molecule has 5 aliphatic rings. The largest absolute Gasteiger partial charge is 0.0952 e. The highest BCUT2D eigenvalue weighted by Crippen LogP contribution is 2.61. The third-order valence-electron chi connectivity index (χ3n) is 16.3. The molecule has 286 valence electrons. The fourth-order valence-corrected chi connectivity index (χ4v) is 12.2. The molecule has 1 aromatic carbocycles. The summed E-state index contributed by atoms with van der Waals surface area (Å²) in [5.41, 5.74) is 14.5. The molecule has 1 aromatic rings. The second kappa shape index (κ2) is 16.3. The van der Waals surface area contributed by atoms with Crippen molar-refractivity contribution in [2.24, 2.45) is 52.3 Å². The van der Waals surface area contributed by atoms with E-state index in [0.717, 1.165) is 23.7 Å². The molecule has 0 aliphatic heterocycles. The van der Waals surface area contributed by atoms with Crippen LogP contribution >= 0.6 is 0 Å². The molecule has 2 fully saturated rings. The number of hydrogen-bond acceptors (Lipinski definition) is 0. The Kier molecular flexibility index (Phi) is 12.4. The summed E-state index contributed by atoms with van der Waals surface area (Å²) in [6.45, 7) is 32.1. The number of allylic oxidation sites excluding steroid dienone is 8. The third-order valence-corrected chi connectivity index (χ3v) is 16.3. The maximum absolute atomic E-state index is 5.06. The fraction of sp³-hybridized carbons (Fsp3) is 0.692. The van der Waals surface area contributed by atoms with Gasteiger partial charge in [-0.25, -0.2) is 0 Å². The van der Waals surface area contributed by atoms with E-state index < -0.39 is 0 Å². The monoisotopic (exact) mass is 703 g/mol. The first kappa shape index (κ1) is 39.6. The van der Waals surface area contributed by atoms with E-state index in [9.17, 15) is 0 Å². The van der Waals surface area contributed by atoms with Gasteiger partial charge in [0.2, 0.25) is 0 Å². The topological polar surface area (TPSA) is 0 Å². The Morgan fingerprint density at radius 1 is 0.923 bits per heavy atom. The van der Waals surface area contributed by atoms with Crippen LogP contribution < -0.4 is 0 Å². The first-order valence-corrected chi connectivity index (χ1v) is 22.4. The first-order valence-electron chi connectivity index (χ1n) is 22.4. The average molecular weight is 703 g/mol. The predicted molar refractivity (Wildman–Crippen MR) is 228 cm³/mol. The van der Waals surface area contributed by atoms with Crippen LogP contribution in [0.1, 0.15) is 189 Å². The smallest absolute Gasteiger partial charge is 0.00310 e. The molecule has 0 heterocycles. The SMILES string of the molecule is C=C(c1cccc([C@@H](CCC2CCC(CC)CC2)[C@@H](C)C(=C)C2=C(C)C3=CC4=C(CC[C@H](C(C)(C)C)C4)CC3(C)C2C)c1)[C@@H](CC)CC1CCCC1. The highest BCUT2D eigenvalue weighted by Gasteiger charge is 2.48. The molecule has 6 atom stereocenters. The van der Waals surface area contributed by atoms with Gasteiger partial charge in [-0.15, -0.1) is 0 Å². The van der Waals surface area contributed by atoms with Gasteiger partial charge >= 0.3 is 0 Å². The van der Waals surface area contributed by atoms with E-state index in [-0.39, 0.29) is 5.41 Å². The van der Waals surface area contributed by atoms with Crippen molar-refractivity contribution in [2.75, 3.05) is 0 Å². The molecular formula is C52H78. The standard InChI is InChI=1S/C52H78/c1-12-39-21-23-40(24-22-39)25-28-48(44-20-16-19-43(30-44)36(5)42(13-2)29-41-17-14-15-18-41)34(3)35(4)50-37(6)49-32-46-31-47(51(8,9)10)27-26-45(46)33-52(49,11)38(50)7/h16,19-20,30,32,34,38-42,47-48H,4-5,12-15,17-18,21-29,31,33H2,1-3,6-11H3/t34-,38?,39?,40?,42-,47-,48-,52?/m0/s1. The Morgan fingerprint density at radius 2 is 1.62 bits per heavy atom. The molecule has 52 heavy (non-hydrogen) atoms. The number of rotatable bonds is 13. The van der Waals surface area contributed by atoms with Gasteiger partial charge in [-0.1, -0.05) is 162 Å². The van der Waals surface area contributed by atoms with Crippen molar-refractivity contribution in [3.05, 3.63) is 88.1 Å². The Labute approximate surface area is 322 Å². The molecule has 2 saturated carbocycles. The first-order chi connectivity index (χ1) is 24.7. The minimum absolute atomic E-state index is 0.190. The molecule has 0 spiro atoms. The van der Waals surface area contributed by atoms with Gasteiger partial charge in [-0.05, 0) is 156 Å². The van der Waals surface area contributed by atoms with Crippen molar-refractivity contribution in [3.8, 4) is 0 Å². The van der Waals surface area contributed by atoms with Gasteiger partial charge in [0.1, 0.15) is 0 Å². The fourth-order valence-electron chi connectivity index (χ4n) is 12.2. The third kappa shape index (κ3) is 8.13. The lowest BCUT2D eigenvalue weighted by Gasteiger charge is -2.43. The van der Waals surface area contributed by atoms with Crippen LogP contribution in [0, 0.1) is 52.3 Å². The quantitative estimate of drug-likeness (QED) is 0.192. The molecule has 0 saturated heterocycles. The summed E-state index contributed by atoms with van der Waals surface area (Å²) >= 11 is 0. The van der Waals surface area contributed by atoms with Crippen LogP contribution in [0.2, 0.25) is 0 Å². The Hall–Kier alpha value is -2.08. The Morgan fingerprint density at radius 3 is 2.27 bits per heavy atom. The number of hydrogen-bond donors (Lipinski definition) is 0. The van der Waals surface area contributed by atoms with E-state index in [1.54, 1.807) is 27.9 Å². The lowest BCUT2D eigenvalue weighted by Crippen LogP contribution is -2.31. The highest BCUT2D eigenvalue weighted by atomic mass is 14.5. The number of benzene rings is 1. The van der Waals surface area contributed by atoms with Crippen molar-refractivity contribution in [3.63, 3.8) is 0 Å². The van der Waals surface area contributed by atoms with Gasteiger partial charge in [-0.2, -0.15) is 0 Å². The molecule has 0 N–H and O–H groups in total. The molecule has 0 bridgehead atoms. The van der Waals surface area contributed by atoms with E-state index >= 15 is 0 Å². The molecule has 2 unspecified atom stereocenters. The predicted octanol–water partition coefficient (Wildman–Crippen LogP) is 16.0. The number of fused-ring (bicyclic) bond motifs is 1. The minimum Gasteiger partial charge on any atom is -0.0952 e. The maximum atomic E-state index is 5.06. The van der Waals surface area contributed by atoms with E-state index in [1.807, 2.05) is 0 Å². The van der Waals surface area contributed by atoms with Crippen LogP contribution in [0.5, 0.6) is 0 Å². The Bertz CT molecular complexity index is 1530. The van der Waals surface area contributed by atoms with Crippen LogP contribution in [0.15, 0.2) is 76.9 Å². The Balaban J connectivity index is 1.28. The lowest BCUT2D eigenvalue weighted by atomic mass is 9.61. The van der Waals surface area contributed by atoms with Crippen LogP contribution in [0.25, 0.3) is 5.57 Å². The second-order valence-electron chi connectivity index (χ2n) is 20.3. The molecule has 0 nitrogen and oxygen atoms in total. The molecule has 0 radical (unpaired) electrons. The molecular weight excluding hydrogens is 625 g/mol. The summed E-state index contributed by atoms with van der Waals surface area (Å²) in [4.78, 5) is 0. The van der Waals surface area contributed by atoms with Gasteiger partial charge in [0.05, 0.1) is 0 Å². The molecule has 5 aliphatic carbocycles. The van der Waals surface area contributed by atoms with Gasteiger partial charge in [0, 0.05) is 5.41 Å². The van der Waals surface area contributed by atoms with E-state index in [2.05, 4.69) is 92.7 Å². The van der Waals surface area contributed by atoms with Gasteiger partial charge < -0.3 is 0 Å². The molecule has 0 aromatic heterocycles. The van der Waals surface area contributed by atoms with Crippen LogP contribution in [0.3, 0.4) is 0 Å². The summed E-state index contributed by atoms with van der Waals surface area (Å²) in [6.07, 6.45) is 25.8. The zero-order chi connectivity index (χ0) is 37.4. The zero-order valence-corrected chi connectivity index (χ0v) is 35.4. The summed E-state index contributed by atoms with van der Waals surface area (Å²) in [5.74, 6) is 5.50. The average Bonchev–Trinajstić information content (AvgIpc) is 3.72. The van der Waals surface area contributed by atoms with E-state index in [1.165, 1.54) is 131 Å². The highest BCUT2D eigenvalue weighted by molar-refractivity contribution is 5.66. The molecule has 0 amide bonds. The van der Waals surface area contributed by atoms with E-state index in [4.69, 9.17) is 13.2 Å². The lowest BCUT2D eigenvalue weighted by molar-refractivity contribution is 0.208. The van der Waals surface area contributed by atoms with Crippen molar-refractivity contribution in [1.29, 1.82) is 0 Å². The summed E-state index contributed by atoms with van der Waals surface area (Å²) in [7, 11) is 0. The zero-order valence-electron chi connectivity index (χ0n) is 35.4.